The summed E-state index contributed by atoms with van der Waals surface area (Å²) in [5, 5.41) is 12.2. The first-order chi connectivity index (χ1) is 8.08. The highest BCUT2D eigenvalue weighted by Gasteiger charge is 2.10. The van der Waals surface area contributed by atoms with Crippen LogP contribution in [0.2, 0.25) is 0 Å². The first-order valence-electron chi connectivity index (χ1n) is 5.46. The normalized spacial score (nSPS) is 12.1. The Hall–Kier alpha value is -1.75. The molecule has 0 amide bonds. The Morgan fingerprint density at radius 1 is 1.59 bits per heavy atom. The summed E-state index contributed by atoms with van der Waals surface area (Å²) < 4.78 is 5.06. The Morgan fingerprint density at radius 3 is 2.82 bits per heavy atom. The highest BCUT2D eigenvalue weighted by atomic mass is 16.5. The highest BCUT2D eigenvalue weighted by molar-refractivity contribution is 5.94. The lowest BCUT2D eigenvalue weighted by Gasteiger charge is -2.17. The minimum Gasteiger partial charge on any atom is -0.478 e. The third kappa shape index (κ3) is 3.64. The quantitative estimate of drug-likeness (QED) is 0.658. The Labute approximate surface area is 101 Å². The number of aromatic carboxylic acids is 1. The average Bonchev–Trinajstić information content (AvgIpc) is 2.30. The molecule has 0 saturated heterocycles. The van der Waals surface area contributed by atoms with E-state index in [1.807, 2.05) is 6.92 Å². The maximum atomic E-state index is 10.9. The maximum Gasteiger partial charge on any atom is 0.337 e. The number of nitrogens with one attached hydrogen (secondary N) is 1. The van der Waals surface area contributed by atoms with Crippen molar-refractivity contribution in [3.8, 4) is 0 Å². The largest absolute Gasteiger partial charge is 0.478 e. The zero-order valence-electron chi connectivity index (χ0n) is 10.1. The van der Waals surface area contributed by atoms with E-state index in [0.29, 0.717) is 6.61 Å². The molecule has 0 aliphatic heterocycles. The van der Waals surface area contributed by atoms with Crippen molar-refractivity contribution in [1.29, 1.82) is 0 Å². The van der Waals surface area contributed by atoms with Gasteiger partial charge in [-0.1, -0.05) is 6.92 Å². The molecule has 1 atom stereocenters. The molecule has 0 saturated carbocycles. The van der Waals surface area contributed by atoms with Crippen LogP contribution in [0.4, 0.5) is 11.4 Å². The molecule has 0 spiro atoms. The van der Waals surface area contributed by atoms with Gasteiger partial charge in [0.2, 0.25) is 0 Å². The third-order valence-corrected chi connectivity index (χ3v) is 2.52. The third-order valence-electron chi connectivity index (χ3n) is 2.52. The van der Waals surface area contributed by atoms with E-state index >= 15 is 0 Å². The van der Waals surface area contributed by atoms with E-state index in [4.69, 9.17) is 15.6 Å². The van der Waals surface area contributed by atoms with E-state index in [1.54, 1.807) is 19.2 Å². The number of nitrogen functional groups attached to an aromatic ring is 1. The van der Waals surface area contributed by atoms with E-state index in [2.05, 4.69) is 5.32 Å². The van der Waals surface area contributed by atoms with E-state index in [-0.39, 0.29) is 17.3 Å². The van der Waals surface area contributed by atoms with Crippen molar-refractivity contribution in [1.82, 2.24) is 0 Å². The fourth-order valence-corrected chi connectivity index (χ4v) is 1.53. The number of rotatable bonds is 6. The van der Waals surface area contributed by atoms with Crippen LogP contribution >= 0.6 is 0 Å². The molecule has 0 aromatic heterocycles. The zero-order valence-corrected chi connectivity index (χ0v) is 10.1. The molecule has 0 bridgehead atoms. The van der Waals surface area contributed by atoms with Gasteiger partial charge in [-0.25, -0.2) is 4.79 Å². The molecule has 5 heteroatoms. The van der Waals surface area contributed by atoms with Crippen molar-refractivity contribution in [2.24, 2.45) is 0 Å². The number of carbonyl (C=O) groups is 1. The molecule has 17 heavy (non-hydrogen) atoms. The second-order valence-electron chi connectivity index (χ2n) is 3.81. The molecule has 0 heterocycles. The van der Waals surface area contributed by atoms with Gasteiger partial charge in [0.1, 0.15) is 0 Å². The van der Waals surface area contributed by atoms with Crippen molar-refractivity contribution in [3.05, 3.63) is 23.8 Å². The molecule has 0 aliphatic carbocycles. The van der Waals surface area contributed by atoms with Crippen LogP contribution in [0.5, 0.6) is 0 Å². The lowest BCUT2D eigenvalue weighted by atomic mass is 10.1. The number of carboxylic acids is 1. The van der Waals surface area contributed by atoms with Crippen molar-refractivity contribution in [2.45, 2.75) is 19.4 Å². The molecular formula is C12H18N2O3. The fourth-order valence-electron chi connectivity index (χ4n) is 1.53. The van der Waals surface area contributed by atoms with Gasteiger partial charge in [-0.15, -0.1) is 0 Å². The monoisotopic (exact) mass is 238 g/mol. The Balaban J connectivity index is 2.84. The fraction of sp³-hybridized carbons (Fsp3) is 0.417. The molecule has 1 aromatic carbocycles. The summed E-state index contributed by atoms with van der Waals surface area (Å²) in [5.41, 5.74) is 6.70. The van der Waals surface area contributed by atoms with Gasteiger partial charge >= 0.3 is 5.97 Å². The summed E-state index contributed by atoms with van der Waals surface area (Å²) in [6.45, 7) is 2.61. The van der Waals surface area contributed by atoms with Crippen LogP contribution < -0.4 is 11.1 Å². The van der Waals surface area contributed by atoms with Crippen LogP contribution in [0.15, 0.2) is 18.2 Å². The van der Waals surface area contributed by atoms with Gasteiger partial charge < -0.3 is 20.9 Å². The summed E-state index contributed by atoms with van der Waals surface area (Å²) in [6, 6.07) is 5.05. The Kier molecular flexibility index (Phi) is 4.78. The minimum atomic E-state index is -1.02. The molecule has 1 unspecified atom stereocenters. The molecule has 0 aliphatic rings. The van der Waals surface area contributed by atoms with Gasteiger partial charge in [-0.05, 0) is 24.6 Å². The Morgan fingerprint density at radius 2 is 2.29 bits per heavy atom. The lowest BCUT2D eigenvalue weighted by molar-refractivity contribution is 0.0698. The molecule has 1 rings (SSSR count). The van der Waals surface area contributed by atoms with Crippen molar-refractivity contribution >= 4 is 17.3 Å². The van der Waals surface area contributed by atoms with Crippen molar-refractivity contribution < 1.29 is 14.6 Å². The van der Waals surface area contributed by atoms with Gasteiger partial charge in [-0.2, -0.15) is 0 Å². The van der Waals surface area contributed by atoms with Gasteiger partial charge in [0.15, 0.2) is 0 Å². The minimum absolute atomic E-state index is 0.113. The van der Waals surface area contributed by atoms with Crippen LogP contribution in [0, 0.1) is 0 Å². The van der Waals surface area contributed by atoms with E-state index < -0.39 is 5.97 Å². The van der Waals surface area contributed by atoms with Crippen LogP contribution in [-0.4, -0.2) is 30.8 Å². The SMILES string of the molecule is CCC(COC)Nc1ccc(N)c(C(=O)O)c1. The van der Waals surface area contributed by atoms with Crippen LogP contribution in [-0.2, 0) is 4.74 Å². The number of anilines is 2. The second kappa shape index (κ2) is 6.10. The standard InChI is InChI=1S/C12H18N2O3/c1-3-8(7-17-2)14-9-4-5-11(13)10(6-9)12(15)16/h4-6,8,14H,3,7,13H2,1-2H3,(H,15,16). The first-order valence-corrected chi connectivity index (χ1v) is 5.46. The first kappa shape index (κ1) is 13.3. The molecule has 94 valence electrons. The number of benzene rings is 1. The number of carboxylic acid groups (broad SMARTS) is 1. The van der Waals surface area contributed by atoms with Gasteiger partial charge in [-0.3, -0.25) is 0 Å². The van der Waals surface area contributed by atoms with Crippen molar-refractivity contribution in [2.75, 3.05) is 24.8 Å². The van der Waals surface area contributed by atoms with Crippen LogP contribution in [0.25, 0.3) is 0 Å². The molecule has 5 nitrogen and oxygen atoms in total. The van der Waals surface area contributed by atoms with E-state index in [9.17, 15) is 4.79 Å². The summed E-state index contributed by atoms with van der Waals surface area (Å²) in [6.07, 6.45) is 0.890. The lowest BCUT2D eigenvalue weighted by Crippen LogP contribution is -2.24. The predicted octanol–water partition coefficient (Wildman–Crippen LogP) is 1.80. The predicted molar refractivity (Wildman–Crippen MR) is 67.4 cm³/mol. The number of methoxy groups -OCH3 is 1. The summed E-state index contributed by atoms with van der Waals surface area (Å²) >= 11 is 0. The Bertz CT molecular complexity index is 393. The topological polar surface area (TPSA) is 84.6 Å². The summed E-state index contributed by atoms with van der Waals surface area (Å²) in [7, 11) is 1.63. The van der Waals surface area contributed by atoms with Gasteiger partial charge in [0, 0.05) is 24.5 Å². The van der Waals surface area contributed by atoms with Crippen LogP contribution in [0.1, 0.15) is 23.7 Å². The average molecular weight is 238 g/mol. The number of hydrogen-bond acceptors (Lipinski definition) is 4. The highest BCUT2D eigenvalue weighted by Crippen LogP contribution is 2.19. The number of ether oxygens (including phenoxy) is 1. The summed E-state index contributed by atoms with van der Waals surface area (Å²) in [4.78, 5) is 10.9. The van der Waals surface area contributed by atoms with Gasteiger partial charge in [0.25, 0.3) is 0 Å². The molecular weight excluding hydrogens is 220 g/mol. The van der Waals surface area contributed by atoms with Crippen molar-refractivity contribution in [3.63, 3.8) is 0 Å². The van der Waals surface area contributed by atoms with Gasteiger partial charge in [0.05, 0.1) is 12.2 Å². The number of nitrogens with two attached hydrogens (primary N) is 1. The van der Waals surface area contributed by atoms with Crippen LogP contribution in [0.3, 0.4) is 0 Å². The van der Waals surface area contributed by atoms with E-state index in [1.165, 1.54) is 6.07 Å². The summed E-state index contributed by atoms with van der Waals surface area (Å²) in [5.74, 6) is -1.02. The zero-order chi connectivity index (χ0) is 12.8. The molecule has 0 radical (unpaired) electrons. The molecule has 0 fully saturated rings. The molecule has 4 N–H and O–H groups in total. The smallest absolute Gasteiger partial charge is 0.337 e. The number of hydrogen-bond donors (Lipinski definition) is 3. The maximum absolute atomic E-state index is 10.9. The second-order valence-corrected chi connectivity index (χ2v) is 3.81. The van der Waals surface area contributed by atoms with E-state index in [0.717, 1.165) is 12.1 Å². The molecule has 1 aromatic rings.